The number of piperidine rings is 1. The molecular formula is C34H69N2O-. The Morgan fingerprint density at radius 1 is 0.486 bits per heavy atom. The molecule has 0 N–H and O–H groups in total. The zero-order valence-corrected chi connectivity index (χ0v) is 29.4. The maximum absolute atomic E-state index is 12.6. The highest BCUT2D eigenvalue weighted by Gasteiger charge is 2.67. The molecule has 0 radical (unpaired) electrons. The van der Waals surface area contributed by atoms with Crippen molar-refractivity contribution in [2.24, 2.45) is 32.5 Å². The van der Waals surface area contributed by atoms with E-state index in [9.17, 15) is 5.21 Å². The largest absolute Gasteiger partial charge is 0.784 e. The molecule has 3 heteroatoms. The summed E-state index contributed by atoms with van der Waals surface area (Å²) >= 11 is 0. The Balaban J connectivity index is 0.000000371. The standard InChI is InChI=1S/C17H34NO.C17H35N/c1-13(2,3)17(14(4,5)6)11-15(7,8)18(19)16(9,10)12-17;1-13(2,3)17(14(4,5)6)12-15(7,8)18(11)16(17,9)10/h11-12H2,1-10H3;12H2,1-11H3/q-1;. The highest BCUT2D eigenvalue weighted by atomic mass is 16.5. The summed E-state index contributed by atoms with van der Waals surface area (Å²) in [6.45, 7) is 46.7. The third-order valence-electron chi connectivity index (χ3n) is 11.5. The van der Waals surface area contributed by atoms with Gasteiger partial charge in [-0.15, -0.1) is 0 Å². The van der Waals surface area contributed by atoms with Crippen molar-refractivity contribution >= 4 is 0 Å². The molecule has 2 fully saturated rings. The van der Waals surface area contributed by atoms with Gasteiger partial charge >= 0.3 is 0 Å². The Labute approximate surface area is 234 Å². The van der Waals surface area contributed by atoms with Crippen LogP contribution in [0.4, 0.5) is 0 Å². The third-order valence-corrected chi connectivity index (χ3v) is 11.5. The third kappa shape index (κ3) is 5.46. The van der Waals surface area contributed by atoms with Crippen LogP contribution in [0.25, 0.3) is 0 Å². The second kappa shape index (κ2) is 9.20. The summed E-state index contributed by atoms with van der Waals surface area (Å²) in [5.74, 6) is 0. The Bertz CT molecular complexity index is 755. The molecule has 2 aliphatic heterocycles. The average Bonchev–Trinajstić information content (AvgIpc) is 2.74. The summed E-state index contributed by atoms with van der Waals surface area (Å²) in [5, 5.41) is 14.0. The summed E-state index contributed by atoms with van der Waals surface area (Å²) in [6, 6.07) is 0. The summed E-state index contributed by atoms with van der Waals surface area (Å²) in [6.07, 6.45) is 3.18. The molecule has 2 rings (SSSR count). The number of hydroxylamine groups is 2. The highest BCUT2D eigenvalue weighted by Crippen LogP contribution is 2.68. The Morgan fingerprint density at radius 3 is 0.946 bits per heavy atom. The number of likely N-dealkylation sites (tertiary alicyclic amines) is 1. The van der Waals surface area contributed by atoms with E-state index in [1.54, 1.807) is 0 Å². The normalized spacial score (nSPS) is 27.4. The topological polar surface area (TPSA) is 29.5 Å². The van der Waals surface area contributed by atoms with Crippen molar-refractivity contribution in [1.29, 1.82) is 0 Å². The highest BCUT2D eigenvalue weighted by molar-refractivity contribution is 5.20. The molecule has 2 heterocycles. The molecule has 0 amide bonds. The van der Waals surface area contributed by atoms with Crippen LogP contribution in [0.5, 0.6) is 0 Å². The van der Waals surface area contributed by atoms with Gasteiger partial charge in [-0.25, -0.2) is 0 Å². The predicted octanol–water partition coefficient (Wildman–Crippen LogP) is 10.2. The van der Waals surface area contributed by atoms with Crippen LogP contribution >= 0.6 is 0 Å². The molecule has 0 bridgehead atoms. The van der Waals surface area contributed by atoms with Crippen molar-refractivity contribution < 1.29 is 0 Å². The summed E-state index contributed by atoms with van der Waals surface area (Å²) in [7, 11) is 2.30. The van der Waals surface area contributed by atoms with E-state index < -0.39 is 0 Å². The summed E-state index contributed by atoms with van der Waals surface area (Å²) in [4.78, 5) is 2.61. The second-order valence-corrected chi connectivity index (χ2v) is 19.4. The van der Waals surface area contributed by atoms with E-state index in [0.717, 1.165) is 12.8 Å². The van der Waals surface area contributed by atoms with Crippen LogP contribution in [0.3, 0.4) is 0 Å². The minimum absolute atomic E-state index is 0.161. The summed E-state index contributed by atoms with van der Waals surface area (Å²) in [5.41, 5.74) is 1.26. The molecule has 0 aromatic heterocycles. The van der Waals surface area contributed by atoms with Crippen LogP contribution in [0.15, 0.2) is 0 Å². The van der Waals surface area contributed by atoms with Crippen LogP contribution in [-0.2, 0) is 0 Å². The van der Waals surface area contributed by atoms with Gasteiger partial charge in [-0.2, -0.15) is 0 Å². The maximum atomic E-state index is 12.6. The molecule has 222 valence electrons. The quantitative estimate of drug-likeness (QED) is 0.317. The van der Waals surface area contributed by atoms with Crippen LogP contribution in [-0.4, -0.2) is 39.2 Å². The minimum atomic E-state index is -0.303. The van der Waals surface area contributed by atoms with Crippen LogP contribution < -0.4 is 0 Å². The van der Waals surface area contributed by atoms with E-state index in [-0.39, 0.29) is 49.2 Å². The van der Waals surface area contributed by atoms with Gasteiger partial charge in [-0.05, 0) is 114 Å². The molecule has 37 heavy (non-hydrogen) atoms. The van der Waals surface area contributed by atoms with E-state index >= 15 is 0 Å². The Kier molecular flexibility index (Phi) is 8.68. The molecule has 0 aromatic rings. The van der Waals surface area contributed by atoms with Gasteiger partial charge in [0.1, 0.15) is 0 Å². The SMILES string of the molecule is CC1(C)CC(C(C)(C)C)(C(C)(C)C)CC(C)(C)N1[O-].CN1C(C)(C)CC(C(C)(C)C)(C(C)(C)C)C1(C)C. The minimum Gasteiger partial charge on any atom is -0.784 e. The average molecular weight is 522 g/mol. The van der Waals surface area contributed by atoms with Crippen molar-refractivity contribution in [3.8, 4) is 0 Å². The van der Waals surface area contributed by atoms with Crippen molar-refractivity contribution in [2.75, 3.05) is 7.05 Å². The fourth-order valence-electron chi connectivity index (χ4n) is 10.2. The van der Waals surface area contributed by atoms with Gasteiger partial charge in [0.05, 0.1) is 0 Å². The van der Waals surface area contributed by atoms with E-state index in [4.69, 9.17) is 0 Å². The van der Waals surface area contributed by atoms with Gasteiger partial charge < -0.3 is 10.3 Å². The monoisotopic (exact) mass is 522 g/mol. The molecule has 0 atom stereocenters. The molecule has 0 aliphatic carbocycles. The number of hydrogen-bond donors (Lipinski definition) is 0. The van der Waals surface area contributed by atoms with Crippen LogP contribution in [0.2, 0.25) is 0 Å². The van der Waals surface area contributed by atoms with Gasteiger partial charge in [0.2, 0.25) is 0 Å². The van der Waals surface area contributed by atoms with Crippen molar-refractivity contribution in [3.05, 3.63) is 5.21 Å². The lowest BCUT2D eigenvalue weighted by Crippen LogP contribution is -2.66. The van der Waals surface area contributed by atoms with Gasteiger partial charge in [0.15, 0.2) is 0 Å². The summed E-state index contributed by atoms with van der Waals surface area (Å²) < 4.78 is 0. The van der Waals surface area contributed by atoms with Gasteiger partial charge in [0, 0.05) is 22.2 Å². The second-order valence-electron chi connectivity index (χ2n) is 19.4. The first kappa shape index (κ1) is 34.9. The first-order valence-corrected chi connectivity index (χ1v) is 14.9. The number of rotatable bonds is 0. The van der Waals surface area contributed by atoms with Crippen molar-refractivity contribution in [3.63, 3.8) is 0 Å². The number of hydrogen-bond acceptors (Lipinski definition) is 3. The molecule has 0 spiro atoms. The fourth-order valence-corrected chi connectivity index (χ4v) is 10.2. The molecule has 2 aliphatic rings. The Hall–Kier alpha value is -0.120. The van der Waals surface area contributed by atoms with E-state index in [0.29, 0.717) is 5.41 Å². The molecule has 0 unspecified atom stereocenters. The molecular weight excluding hydrogens is 452 g/mol. The lowest BCUT2D eigenvalue weighted by atomic mass is 9.46. The van der Waals surface area contributed by atoms with Gasteiger partial charge in [-0.3, -0.25) is 4.90 Å². The first-order chi connectivity index (χ1) is 15.7. The van der Waals surface area contributed by atoms with Crippen LogP contribution in [0.1, 0.15) is 158 Å². The first-order valence-electron chi connectivity index (χ1n) is 14.9. The molecule has 0 saturated carbocycles. The zero-order valence-electron chi connectivity index (χ0n) is 29.4. The van der Waals surface area contributed by atoms with Crippen LogP contribution in [0, 0.1) is 37.7 Å². The van der Waals surface area contributed by atoms with E-state index in [1.165, 1.54) is 11.5 Å². The number of nitrogens with zero attached hydrogens (tertiary/aromatic N) is 2. The predicted molar refractivity (Wildman–Crippen MR) is 166 cm³/mol. The zero-order chi connectivity index (χ0) is 30.3. The fraction of sp³-hybridized carbons (Fsp3) is 1.00. The van der Waals surface area contributed by atoms with Gasteiger partial charge in [-0.1, -0.05) is 83.1 Å². The lowest BCUT2D eigenvalue weighted by Gasteiger charge is -2.69. The maximum Gasteiger partial charge on any atom is 0.0222 e. The van der Waals surface area contributed by atoms with E-state index in [1.807, 2.05) is 0 Å². The van der Waals surface area contributed by atoms with E-state index in [2.05, 4.69) is 150 Å². The molecule has 3 nitrogen and oxygen atoms in total. The smallest absolute Gasteiger partial charge is 0.0222 e. The van der Waals surface area contributed by atoms with Gasteiger partial charge in [0.25, 0.3) is 0 Å². The lowest BCUT2D eigenvalue weighted by molar-refractivity contribution is -0.157. The molecule has 2 saturated heterocycles. The Morgan fingerprint density at radius 2 is 0.784 bits per heavy atom. The van der Waals surface area contributed by atoms with Crippen molar-refractivity contribution in [1.82, 2.24) is 9.96 Å². The molecule has 0 aromatic carbocycles. The van der Waals surface area contributed by atoms with Crippen molar-refractivity contribution in [2.45, 2.75) is 180 Å².